The Balaban J connectivity index is 0.00000242. The van der Waals surface area contributed by atoms with Crippen molar-refractivity contribution >= 4 is 24.8 Å². The third kappa shape index (κ3) is 6.98. The predicted octanol–water partition coefficient (Wildman–Crippen LogP) is 3.32. The van der Waals surface area contributed by atoms with E-state index in [2.05, 4.69) is 31.3 Å². The summed E-state index contributed by atoms with van der Waals surface area (Å²) in [5.74, 6) is 0. The third-order valence-corrected chi connectivity index (χ3v) is 4.89. The van der Waals surface area contributed by atoms with E-state index in [0.717, 1.165) is 6.42 Å². The van der Waals surface area contributed by atoms with Crippen LogP contribution in [-0.2, 0) is 6.42 Å². The largest absolute Gasteiger partial charge is 0.390 e. The van der Waals surface area contributed by atoms with Gasteiger partial charge in [-0.15, -0.1) is 24.8 Å². The van der Waals surface area contributed by atoms with Gasteiger partial charge in [-0.1, -0.05) is 57.0 Å². The molecule has 1 saturated carbocycles. The second kappa shape index (κ2) is 10.5. The Kier molecular flexibility index (Phi) is 10.4. The molecule has 3 nitrogen and oxygen atoms in total. The number of hydrogen-bond donors (Lipinski definition) is 3. The van der Waals surface area contributed by atoms with Crippen molar-refractivity contribution in [3.05, 3.63) is 35.9 Å². The fourth-order valence-corrected chi connectivity index (χ4v) is 3.31. The number of aliphatic hydroxyl groups excluding tert-OH is 1. The van der Waals surface area contributed by atoms with E-state index in [1.165, 1.54) is 31.2 Å². The molecule has 0 aromatic heterocycles. The van der Waals surface area contributed by atoms with Gasteiger partial charge in [0.1, 0.15) is 0 Å². The van der Waals surface area contributed by atoms with E-state index < -0.39 is 6.10 Å². The van der Waals surface area contributed by atoms with Crippen molar-refractivity contribution in [2.75, 3.05) is 6.54 Å². The summed E-state index contributed by atoms with van der Waals surface area (Å²) >= 11 is 0. The third-order valence-electron chi connectivity index (χ3n) is 4.89. The van der Waals surface area contributed by atoms with Gasteiger partial charge in [-0.25, -0.2) is 0 Å². The zero-order valence-electron chi connectivity index (χ0n) is 14.2. The second-order valence-corrected chi connectivity index (χ2v) is 7.12. The average Bonchev–Trinajstić information content (AvgIpc) is 2.46. The first-order valence-electron chi connectivity index (χ1n) is 8.20. The molecule has 1 aromatic rings. The molecule has 134 valence electrons. The first kappa shape index (κ1) is 22.7. The monoisotopic (exact) mass is 362 g/mol. The lowest BCUT2D eigenvalue weighted by atomic mass is 9.73. The van der Waals surface area contributed by atoms with Gasteiger partial charge in [0.15, 0.2) is 0 Å². The minimum absolute atomic E-state index is 0. The minimum Gasteiger partial charge on any atom is -0.390 e. The Bertz CT molecular complexity index is 428. The van der Waals surface area contributed by atoms with Crippen LogP contribution in [-0.4, -0.2) is 29.8 Å². The number of nitrogens with one attached hydrogen (secondary N) is 1. The Morgan fingerprint density at radius 1 is 1.22 bits per heavy atom. The molecular formula is C18H32Cl2N2O. The molecule has 0 heterocycles. The van der Waals surface area contributed by atoms with Crippen molar-refractivity contribution in [3.8, 4) is 0 Å². The van der Waals surface area contributed by atoms with E-state index in [9.17, 15) is 5.11 Å². The summed E-state index contributed by atoms with van der Waals surface area (Å²) in [4.78, 5) is 0. The summed E-state index contributed by atoms with van der Waals surface area (Å²) in [5, 5.41) is 13.8. The topological polar surface area (TPSA) is 58.3 Å². The van der Waals surface area contributed by atoms with Crippen LogP contribution in [0.2, 0.25) is 0 Å². The molecule has 1 aromatic carbocycles. The molecule has 1 aliphatic rings. The highest BCUT2D eigenvalue weighted by Crippen LogP contribution is 2.35. The predicted molar refractivity (Wildman–Crippen MR) is 103 cm³/mol. The molecule has 2 rings (SSSR count). The van der Waals surface area contributed by atoms with Crippen LogP contribution >= 0.6 is 24.8 Å². The van der Waals surface area contributed by atoms with Crippen molar-refractivity contribution in [1.82, 2.24) is 5.32 Å². The molecular weight excluding hydrogens is 331 g/mol. The number of nitrogens with two attached hydrogens (primary N) is 1. The highest BCUT2D eigenvalue weighted by atomic mass is 35.5. The lowest BCUT2D eigenvalue weighted by molar-refractivity contribution is 0.110. The quantitative estimate of drug-likeness (QED) is 0.727. The highest BCUT2D eigenvalue weighted by molar-refractivity contribution is 5.85. The van der Waals surface area contributed by atoms with E-state index in [4.69, 9.17) is 5.73 Å². The van der Waals surface area contributed by atoms with E-state index in [1.807, 2.05) is 18.2 Å². The van der Waals surface area contributed by atoms with Crippen molar-refractivity contribution in [1.29, 1.82) is 0 Å². The SMILES string of the molecule is CC1(C)CCCCC1NC[C@@H](O)[C@@H](N)Cc1ccccc1.Cl.Cl. The summed E-state index contributed by atoms with van der Waals surface area (Å²) in [6.07, 6.45) is 5.29. The number of halogens is 2. The van der Waals surface area contributed by atoms with Crippen LogP contribution in [0.4, 0.5) is 0 Å². The first-order valence-corrected chi connectivity index (χ1v) is 8.20. The Morgan fingerprint density at radius 3 is 2.48 bits per heavy atom. The minimum atomic E-state index is -0.497. The zero-order chi connectivity index (χ0) is 15.3. The van der Waals surface area contributed by atoms with Crippen LogP contribution in [0.5, 0.6) is 0 Å². The highest BCUT2D eigenvalue weighted by Gasteiger charge is 2.32. The summed E-state index contributed by atoms with van der Waals surface area (Å²) in [6, 6.07) is 10.4. The van der Waals surface area contributed by atoms with Crippen LogP contribution in [0.1, 0.15) is 45.1 Å². The van der Waals surface area contributed by atoms with Gasteiger partial charge in [0.05, 0.1) is 6.10 Å². The molecule has 4 N–H and O–H groups in total. The molecule has 1 unspecified atom stereocenters. The van der Waals surface area contributed by atoms with Gasteiger partial charge in [-0.3, -0.25) is 0 Å². The lowest BCUT2D eigenvalue weighted by Gasteiger charge is -2.40. The van der Waals surface area contributed by atoms with Crippen molar-refractivity contribution in [2.45, 2.75) is 64.1 Å². The first-order chi connectivity index (χ1) is 9.99. The summed E-state index contributed by atoms with van der Waals surface area (Å²) in [5.41, 5.74) is 7.65. The van der Waals surface area contributed by atoms with Gasteiger partial charge in [0.2, 0.25) is 0 Å². The molecule has 0 bridgehead atoms. The fraction of sp³-hybridized carbons (Fsp3) is 0.667. The number of rotatable bonds is 6. The summed E-state index contributed by atoms with van der Waals surface area (Å²) in [7, 11) is 0. The summed E-state index contributed by atoms with van der Waals surface area (Å²) < 4.78 is 0. The second-order valence-electron chi connectivity index (χ2n) is 7.12. The van der Waals surface area contributed by atoms with Crippen LogP contribution < -0.4 is 11.1 Å². The molecule has 1 fully saturated rings. The maximum Gasteiger partial charge on any atom is 0.0818 e. The molecule has 0 amide bonds. The van der Waals surface area contributed by atoms with Crippen LogP contribution in [0.25, 0.3) is 0 Å². The van der Waals surface area contributed by atoms with E-state index >= 15 is 0 Å². The van der Waals surface area contributed by atoms with Gasteiger partial charge in [-0.05, 0) is 30.2 Å². The molecule has 3 atom stereocenters. The molecule has 5 heteroatoms. The normalized spacial score (nSPS) is 22.3. The smallest absolute Gasteiger partial charge is 0.0818 e. The van der Waals surface area contributed by atoms with Gasteiger partial charge < -0.3 is 16.2 Å². The van der Waals surface area contributed by atoms with Gasteiger partial charge in [0.25, 0.3) is 0 Å². The van der Waals surface area contributed by atoms with E-state index in [-0.39, 0.29) is 30.9 Å². The van der Waals surface area contributed by atoms with Crippen molar-refractivity contribution in [3.63, 3.8) is 0 Å². The van der Waals surface area contributed by atoms with Crippen LogP contribution in [0, 0.1) is 5.41 Å². The number of aliphatic hydroxyl groups is 1. The Labute approximate surface area is 153 Å². The van der Waals surface area contributed by atoms with E-state index in [1.54, 1.807) is 0 Å². The van der Waals surface area contributed by atoms with E-state index in [0.29, 0.717) is 18.0 Å². The molecule has 0 aliphatic heterocycles. The number of hydrogen-bond acceptors (Lipinski definition) is 3. The average molecular weight is 363 g/mol. The zero-order valence-corrected chi connectivity index (χ0v) is 15.8. The molecule has 0 radical (unpaired) electrons. The maximum absolute atomic E-state index is 10.3. The van der Waals surface area contributed by atoms with Crippen LogP contribution in [0.15, 0.2) is 30.3 Å². The van der Waals surface area contributed by atoms with Crippen molar-refractivity contribution < 1.29 is 5.11 Å². The van der Waals surface area contributed by atoms with Gasteiger partial charge in [0, 0.05) is 18.6 Å². The molecule has 23 heavy (non-hydrogen) atoms. The molecule has 1 aliphatic carbocycles. The summed E-state index contributed by atoms with van der Waals surface area (Å²) in [6.45, 7) is 5.22. The standard InChI is InChI=1S/C18H30N2O.2ClH/c1-18(2)11-7-6-10-17(18)20-13-16(21)15(19)12-14-8-4-3-5-9-14;;/h3-5,8-9,15-17,20-21H,6-7,10-13,19H2,1-2H3;2*1H/t15-,16+,17?;;/m0../s1. The fourth-order valence-electron chi connectivity index (χ4n) is 3.31. The van der Waals surface area contributed by atoms with Gasteiger partial charge >= 0.3 is 0 Å². The Morgan fingerprint density at radius 2 is 1.87 bits per heavy atom. The maximum atomic E-state index is 10.3. The molecule has 0 saturated heterocycles. The number of benzene rings is 1. The Hall–Kier alpha value is -0.320. The van der Waals surface area contributed by atoms with Crippen LogP contribution in [0.3, 0.4) is 0 Å². The lowest BCUT2D eigenvalue weighted by Crippen LogP contribution is -2.50. The molecule has 0 spiro atoms. The van der Waals surface area contributed by atoms with Crippen molar-refractivity contribution in [2.24, 2.45) is 11.1 Å². The van der Waals surface area contributed by atoms with Gasteiger partial charge in [-0.2, -0.15) is 0 Å².